The van der Waals surface area contributed by atoms with Gasteiger partial charge in [0.1, 0.15) is 0 Å². The number of aliphatic hydroxyl groups is 1. The second-order valence-corrected chi connectivity index (χ2v) is 6.16. The number of aliphatic hydroxyl groups excluding tert-OH is 1. The Balaban J connectivity index is 2.01. The van der Waals surface area contributed by atoms with Gasteiger partial charge in [0.15, 0.2) is 11.6 Å². The van der Waals surface area contributed by atoms with Crippen LogP contribution in [0, 0.1) is 11.6 Å². The maximum absolute atomic E-state index is 13.4. The molecule has 0 radical (unpaired) electrons. The molecule has 0 saturated carbocycles. The molecule has 1 fully saturated rings. The third kappa shape index (κ3) is 4.26. The summed E-state index contributed by atoms with van der Waals surface area (Å²) in [5.41, 5.74) is 0.553. The van der Waals surface area contributed by atoms with Crippen molar-refractivity contribution < 1.29 is 18.7 Å². The molecule has 1 N–H and O–H groups in total. The largest absolute Gasteiger partial charge is 0.395 e. The Bertz CT molecular complexity index is 553. The highest BCUT2D eigenvalue weighted by Crippen LogP contribution is 2.22. The van der Waals surface area contributed by atoms with Gasteiger partial charge in [0.05, 0.1) is 19.2 Å². The van der Waals surface area contributed by atoms with Gasteiger partial charge in [0.2, 0.25) is 5.91 Å². The van der Waals surface area contributed by atoms with Crippen LogP contribution >= 0.6 is 0 Å². The molecule has 1 heterocycles. The Labute approximate surface area is 135 Å². The van der Waals surface area contributed by atoms with Crippen LogP contribution in [-0.2, 0) is 4.79 Å². The second kappa shape index (κ2) is 7.84. The van der Waals surface area contributed by atoms with E-state index in [-0.39, 0.29) is 31.1 Å². The first-order valence-corrected chi connectivity index (χ1v) is 7.99. The molecular formula is C17H24F2N2O2. The first-order chi connectivity index (χ1) is 10.9. The van der Waals surface area contributed by atoms with Crippen LogP contribution in [0.25, 0.3) is 0 Å². The fourth-order valence-corrected chi connectivity index (χ4v) is 2.97. The standard InChI is InChI=1S/C17H24F2N2O2/c1-12(13-6-7-15(18)16(19)9-13)20(2)17(23)10-21-8-4-3-5-14(21)11-22/h6-7,9,12,14,22H,3-5,8,10-11H2,1-2H3. The highest BCUT2D eigenvalue weighted by atomic mass is 19.2. The van der Waals surface area contributed by atoms with Crippen LogP contribution < -0.4 is 0 Å². The third-order valence-electron chi connectivity index (χ3n) is 4.70. The van der Waals surface area contributed by atoms with Crippen molar-refractivity contribution in [1.29, 1.82) is 0 Å². The molecule has 0 spiro atoms. The molecule has 1 aliphatic rings. The van der Waals surface area contributed by atoms with Gasteiger partial charge in [0.25, 0.3) is 0 Å². The second-order valence-electron chi connectivity index (χ2n) is 6.16. The summed E-state index contributed by atoms with van der Waals surface area (Å²) in [5.74, 6) is -1.90. The van der Waals surface area contributed by atoms with Gasteiger partial charge >= 0.3 is 0 Å². The quantitative estimate of drug-likeness (QED) is 0.903. The van der Waals surface area contributed by atoms with Crippen molar-refractivity contribution in [2.45, 2.75) is 38.3 Å². The number of benzene rings is 1. The van der Waals surface area contributed by atoms with Gasteiger partial charge in [-0.05, 0) is 44.0 Å². The predicted molar refractivity (Wildman–Crippen MR) is 83.8 cm³/mol. The minimum absolute atomic E-state index is 0.0275. The lowest BCUT2D eigenvalue weighted by molar-refractivity contribution is -0.134. The summed E-state index contributed by atoms with van der Waals surface area (Å²) < 4.78 is 26.4. The predicted octanol–water partition coefficient (Wildman–Crippen LogP) is 2.33. The first kappa shape index (κ1) is 17.8. The average molecular weight is 326 g/mol. The summed E-state index contributed by atoms with van der Waals surface area (Å²) >= 11 is 0. The van der Waals surface area contributed by atoms with Gasteiger partial charge in [-0.25, -0.2) is 8.78 Å². The Morgan fingerprint density at radius 1 is 1.39 bits per heavy atom. The van der Waals surface area contributed by atoms with E-state index in [0.717, 1.165) is 37.9 Å². The zero-order valence-electron chi connectivity index (χ0n) is 13.6. The lowest BCUT2D eigenvalue weighted by atomic mass is 10.0. The van der Waals surface area contributed by atoms with Gasteiger partial charge in [-0.2, -0.15) is 0 Å². The van der Waals surface area contributed by atoms with Gasteiger partial charge < -0.3 is 10.0 Å². The van der Waals surface area contributed by atoms with E-state index in [0.29, 0.717) is 5.56 Å². The van der Waals surface area contributed by atoms with Gasteiger partial charge in [-0.1, -0.05) is 12.5 Å². The van der Waals surface area contributed by atoms with Crippen molar-refractivity contribution in [3.63, 3.8) is 0 Å². The number of carbonyl (C=O) groups excluding carboxylic acids is 1. The average Bonchev–Trinajstić information content (AvgIpc) is 2.56. The number of likely N-dealkylation sites (N-methyl/N-ethyl adjacent to an activating group) is 1. The molecule has 1 aromatic carbocycles. The van der Waals surface area contributed by atoms with Crippen LogP contribution in [0.3, 0.4) is 0 Å². The van der Waals surface area contributed by atoms with Crippen molar-refractivity contribution in [3.8, 4) is 0 Å². The van der Waals surface area contributed by atoms with Crippen molar-refractivity contribution in [1.82, 2.24) is 9.80 Å². The molecule has 128 valence electrons. The number of rotatable bonds is 5. The molecule has 2 rings (SSSR count). The van der Waals surface area contributed by atoms with Gasteiger partial charge in [0, 0.05) is 13.1 Å². The highest BCUT2D eigenvalue weighted by molar-refractivity contribution is 5.78. The molecule has 2 unspecified atom stereocenters. The maximum atomic E-state index is 13.4. The maximum Gasteiger partial charge on any atom is 0.237 e. The Morgan fingerprint density at radius 2 is 2.13 bits per heavy atom. The van der Waals surface area contributed by atoms with Crippen molar-refractivity contribution in [2.24, 2.45) is 0 Å². The SMILES string of the molecule is CC(c1ccc(F)c(F)c1)N(C)C(=O)CN1CCCCC1CO. The van der Waals surface area contributed by atoms with E-state index >= 15 is 0 Å². The molecule has 1 amide bonds. The minimum Gasteiger partial charge on any atom is -0.395 e. The normalized spacial score (nSPS) is 20.3. The van der Waals surface area contributed by atoms with E-state index in [4.69, 9.17) is 0 Å². The van der Waals surface area contributed by atoms with Gasteiger partial charge in [-0.15, -0.1) is 0 Å². The monoisotopic (exact) mass is 326 g/mol. The molecule has 1 aromatic rings. The first-order valence-electron chi connectivity index (χ1n) is 7.99. The number of hydrogen-bond acceptors (Lipinski definition) is 3. The minimum atomic E-state index is -0.911. The van der Waals surface area contributed by atoms with E-state index in [1.54, 1.807) is 14.0 Å². The molecular weight excluding hydrogens is 302 g/mol. The lowest BCUT2D eigenvalue weighted by Crippen LogP contribution is -2.47. The summed E-state index contributed by atoms with van der Waals surface area (Å²) in [4.78, 5) is 16.0. The Kier molecular flexibility index (Phi) is 6.07. The van der Waals surface area contributed by atoms with Crippen molar-refractivity contribution >= 4 is 5.91 Å². The van der Waals surface area contributed by atoms with Crippen LogP contribution in [0.1, 0.15) is 37.8 Å². The van der Waals surface area contributed by atoms with E-state index < -0.39 is 11.6 Å². The van der Waals surface area contributed by atoms with Crippen LogP contribution in [-0.4, -0.2) is 53.6 Å². The zero-order valence-corrected chi connectivity index (χ0v) is 13.6. The van der Waals surface area contributed by atoms with Crippen LogP contribution in [0.15, 0.2) is 18.2 Å². The molecule has 1 aliphatic heterocycles. The molecule has 0 aromatic heterocycles. The highest BCUT2D eigenvalue weighted by Gasteiger charge is 2.26. The van der Waals surface area contributed by atoms with Crippen molar-refractivity contribution in [2.75, 3.05) is 26.7 Å². The molecule has 0 bridgehead atoms. The lowest BCUT2D eigenvalue weighted by Gasteiger charge is -2.36. The third-order valence-corrected chi connectivity index (χ3v) is 4.70. The van der Waals surface area contributed by atoms with Crippen LogP contribution in [0.2, 0.25) is 0 Å². The smallest absolute Gasteiger partial charge is 0.237 e. The van der Waals surface area contributed by atoms with E-state index in [9.17, 15) is 18.7 Å². The number of nitrogens with zero attached hydrogens (tertiary/aromatic N) is 2. The summed E-state index contributed by atoms with van der Waals surface area (Å²) in [7, 11) is 1.66. The summed E-state index contributed by atoms with van der Waals surface area (Å²) in [6, 6.07) is 3.37. The van der Waals surface area contributed by atoms with E-state index in [1.165, 1.54) is 11.0 Å². The number of halogens is 2. The fraction of sp³-hybridized carbons (Fsp3) is 0.588. The van der Waals surface area contributed by atoms with E-state index in [2.05, 4.69) is 0 Å². The molecule has 4 nitrogen and oxygen atoms in total. The number of carbonyl (C=O) groups is 1. The number of likely N-dealkylation sites (tertiary alicyclic amines) is 1. The number of hydrogen-bond donors (Lipinski definition) is 1. The topological polar surface area (TPSA) is 43.8 Å². The summed E-state index contributed by atoms with van der Waals surface area (Å²) in [5, 5.41) is 9.41. The van der Waals surface area contributed by atoms with Crippen LogP contribution in [0.4, 0.5) is 8.78 Å². The van der Waals surface area contributed by atoms with Crippen LogP contribution in [0.5, 0.6) is 0 Å². The summed E-state index contributed by atoms with van der Waals surface area (Å²) in [6.45, 7) is 2.86. The molecule has 0 aliphatic carbocycles. The summed E-state index contributed by atoms with van der Waals surface area (Å²) in [6.07, 6.45) is 2.98. The number of piperidine rings is 1. The number of amides is 1. The van der Waals surface area contributed by atoms with Gasteiger partial charge in [-0.3, -0.25) is 9.69 Å². The zero-order chi connectivity index (χ0) is 17.0. The Morgan fingerprint density at radius 3 is 2.78 bits per heavy atom. The molecule has 2 atom stereocenters. The van der Waals surface area contributed by atoms with Crippen molar-refractivity contribution in [3.05, 3.63) is 35.4 Å². The molecule has 6 heteroatoms. The fourth-order valence-electron chi connectivity index (χ4n) is 2.97. The van der Waals surface area contributed by atoms with E-state index in [1.807, 2.05) is 4.90 Å². The molecule has 1 saturated heterocycles. The Hall–Kier alpha value is -1.53. The molecule has 23 heavy (non-hydrogen) atoms.